The van der Waals surface area contributed by atoms with Crippen molar-refractivity contribution in [3.63, 3.8) is 0 Å². The molecule has 0 bridgehead atoms. The summed E-state index contributed by atoms with van der Waals surface area (Å²) in [6.45, 7) is 2.19. The van der Waals surface area contributed by atoms with Crippen molar-refractivity contribution in [1.29, 1.82) is 0 Å². The molecule has 0 fully saturated rings. The van der Waals surface area contributed by atoms with Crippen LogP contribution in [0.5, 0.6) is 0 Å². The number of unbranched alkanes of at least 4 members (excludes halogenated alkanes) is 3. The maximum Gasteiger partial charge on any atom is -0.0279 e. The van der Waals surface area contributed by atoms with Gasteiger partial charge in [-0.1, -0.05) is 55.8 Å². The summed E-state index contributed by atoms with van der Waals surface area (Å²) in [6.07, 6.45) is 12.2. The molecule has 0 aliphatic carbocycles. The van der Waals surface area contributed by atoms with Gasteiger partial charge in [0.1, 0.15) is 0 Å². The fraction of sp³-hybridized carbons (Fsp3) is 0.467. The molecule has 0 atom stereocenters. The molecule has 1 aromatic carbocycles. The lowest BCUT2D eigenvalue weighted by Gasteiger charge is -2.00. The van der Waals surface area contributed by atoms with E-state index in [0.717, 1.165) is 0 Å². The molecule has 0 aliphatic rings. The Kier molecular flexibility index (Phi) is 6.64. The summed E-state index contributed by atoms with van der Waals surface area (Å²) in [5.41, 5.74) is 1.47. The average Bonchev–Trinajstić information content (AvgIpc) is 2.29. The van der Waals surface area contributed by atoms with E-state index in [-0.39, 0.29) is 0 Å². The molecule has 1 aromatic rings. The smallest absolute Gasteiger partial charge is 0.0279 e. The standard InChI is InChI=1S/C15H22/c1-2-3-4-5-6-7-9-12-15-13-10-8-11-14-15/h3-4,8,10-11,13-14H,2,5-7,9,12H2,1H3/b4-3+. The van der Waals surface area contributed by atoms with E-state index in [1.807, 2.05) is 0 Å². The zero-order valence-corrected chi connectivity index (χ0v) is 9.78. The van der Waals surface area contributed by atoms with Crippen LogP contribution in [-0.4, -0.2) is 0 Å². The molecule has 82 valence electrons. The van der Waals surface area contributed by atoms with Crippen LogP contribution in [0.15, 0.2) is 42.5 Å². The zero-order valence-electron chi connectivity index (χ0n) is 9.78. The van der Waals surface area contributed by atoms with Crippen LogP contribution in [0, 0.1) is 0 Å². The lowest BCUT2D eigenvalue weighted by molar-refractivity contribution is 0.686. The SMILES string of the molecule is CC/C=C/CCCCCc1ccccc1. The predicted molar refractivity (Wildman–Crippen MR) is 68.0 cm³/mol. The molecule has 0 N–H and O–H groups in total. The molecule has 15 heavy (non-hydrogen) atoms. The van der Waals surface area contributed by atoms with E-state index in [9.17, 15) is 0 Å². The molecule has 0 aromatic heterocycles. The first-order valence-electron chi connectivity index (χ1n) is 6.12. The van der Waals surface area contributed by atoms with Crippen LogP contribution in [-0.2, 0) is 6.42 Å². The Morgan fingerprint density at radius 1 is 0.933 bits per heavy atom. The van der Waals surface area contributed by atoms with Crippen molar-refractivity contribution in [3.8, 4) is 0 Å². The van der Waals surface area contributed by atoms with Gasteiger partial charge in [0, 0.05) is 0 Å². The number of hydrogen-bond donors (Lipinski definition) is 0. The third-order valence-electron chi connectivity index (χ3n) is 2.58. The Balaban J connectivity index is 2.00. The zero-order chi connectivity index (χ0) is 10.8. The third-order valence-corrected chi connectivity index (χ3v) is 2.58. The summed E-state index contributed by atoms with van der Waals surface area (Å²) < 4.78 is 0. The second-order valence-corrected chi connectivity index (χ2v) is 3.96. The number of allylic oxidation sites excluding steroid dienone is 2. The summed E-state index contributed by atoms with van der Waals surface area (Å²) in [6, 6.07) is 10.8. The van der Waals surface area contributed by atoms with Crippen LogP contribution < -0.4 is 0 Å². The van der Waals surface area contributed by atoms with Crippen LogP contribution in [0.2, 0.25) is 0 Å². The minimum Gasteiger partial charge on any atom is -0.0888 e. The quantitative estimate of drug-likeness (QED) is 0.442. The van der Waals surface area contributed by atoms with Crippen LogP contribution in [0.3, 0.4) is 0 Å². The third kappa shape index (κ3) is 6.11. The van der Waals surface area contributed by atoms with Gasteiger partial charge >= 0.3 is 0 Å². The predicted octanol–water partition coefficient (Wildman–Crippen LogP) is 4.76. The molecule has 0 spiro atoms. The van der Waals surface area contributed by atoms with Crippen LogP contribution in [0.1, 0.15) is 44.6 Å². The van der Waals surface area contributed by atoms with Gasteiger partial charge in [-0.15, -0.1) is 0 Å². The molecule has 0 radical (unpaired) electrons. The Hall–Kier alpha value is -1.04. The van der Waals surface area contributed by atoms with Gasteiger partial charge in [0.2, 0.25) is 0 Å². The van der Waals surface area contributed by atoms with Gasteiger partial charge < -0.3 is 0 Å². The van der Waals surface area contributed by atoms with E-state index < -0.39 is 0 Å². The molecular formula is C15H22. The first kappa shape index (κ1) is 12.0. The Morgan fingerprint density at radius 3 is 2.47 bits per heavy atom. The first-order valence-corrected chi connectivity index (χ1v) is 6.12. The fourth-order valence-corrected chi connectivity index (χ4v) is 1.70. The summed E-state index contributed by atoms with van der Waals surface area (Å²) in [5.74, 6) is 0. The van der Waals surface area contributed by atoms with Gasteiger partial charge in [-0.05, 0) is 37.7 Å². The van der Waals surface area contributed by atoms with Crippen molar-refractivity contribution < 1.29 is 0 Å². The van der Waals surface area contributed by atoms with E-state index in [4.69, 9.17) is 0 Å². The molecule has 0 aliphatic heterocycles. The normalized spacial score (nSPS) is 11.0. The highest BCUT2D eigenvalue weighted by atomic mass is 14.0. The van der Waals surface area contributed by atoms with Crippen molar-refractivity contribution in [3.05, 3.63) is 48.0 Å². The van der Waals surface area contributed by atoms with Crippen molar-refractivity contribution in [1.82, 2.24) is 0 Å². The van der Waals surface area contributed by atoms with E-state index in [0.29, 0.717) is 0 Å². The minimum absolute atomic E-state index is 1.17. The van der Waals surface area contributed by atoms with Gasteiger partial charge in [0.05, 0.1) is 0 Å². The molecule has 0 heteroatoms. The fourth-order valence-electron chi connectivity index (χ4n) is 1.70. The molecule has 0 heterocycles. The molecule has 0 unspecified atom stereocenters. The minimum atomic E-state index is 1.17. The van der Waals surface area contributed by atoms with E-state index in [1.54, 1.807) is 0 Å². The van der Waals surface area contributed by atoms with Gasteiger partial charge in [0.15, 0.2) is 0 Å². The second kappa shape index (κ2) is 8.28. The maximum absolute atomic E-state index is 2.31. The number of benzene rings is 1. The molecule has 0 amide bonds. The molecule has 1 rings (SSSR count). The van der Waals surface area contributed by atoms with Crippen LogP contribution >= 0.6 is 0 Å². The van der Waals surface area contributed by atoms with Crippen molar-refractivity contribution in [2.75, 3.05) is 0 Å². The maximum atomic E-state index is 2.31. The van der Waals surface area contributed by atoms with Crippen molar-refractivity contribution in [2.45, 2.75) is 45.4 Å². The molecular weight excluding hydrogens is 180 g/mol. The topological polar surface area (TPSA) is 0 Å². The van der Waals surface area contributed by atoms with E-state index in [2.05, 4.69) is 49.4 Å². The van der Waals surface area contributed by atoms with Crippen LogP contribution in [0.4, 0.5) is 0 Å². The van der Waals surface area contributed by atoms with Gasteiger partial charge in [0.25, 0.3) is 0 Å². The van der Waals surface area contributed by atoms with Gasteiger partial charge in [-0.25, -0.2) is 0 Å². The van der Waals surface area contributed by atoms with Crippen LogP contribution in [0.25, 0.3) is 0 Å². The molecule has 0 saturated carbocycles. The lowest BCUT2D eigenvalue weighted by atomic mass is 10.1. The Labute approximate surface area is 94.0 Å². The lowest BCUT2D eigenvalue weighted by Crippen LogP contribution is -1.84. The van der Waals surface area contributed by atoms with Crippen molar-refractivity contribution >= 4 is 0 Å². The summed E-state index contributed by atoms with van der Waals surface area (Å²) in [4.78, 5) is 0. The highest BCUT2D eigenvalue weighted by Crippen LogP contribution is 2.07. The van der Waals surface area contributed by atoms with Gasteiger partial charge in [-0.2, -0.15) is 0 Å². The average molecular weight is 202 g/mol. The Morgan fingerprint density at radius 2 is 1.73 bits per heavy atom. The first-order chi connectivity index (χ1) is 7.43. The largest absolute Gasteiger partial charge is 0.0888 e. The van der Waals surface area contributed by atoms with E-state index >= 15 is 0 Å². The number of rotatable bonds is 7. The summed E-state index contributed by atoms with van der Waals surface area (Å²) in [7, 11) is 0. The number of hydrogen-bond acceptors (Lipinski definition) is 0. The Bertz CT molecular complexity index is 259. The summed E-state index contributed by atoms with van der Waals surface area (Å²) >= 11 is 0. The van der Waals surface area contributed by atoms with Gasteiger partial charge in [-0.3, -0.25) is 0 Å². The highest BCUT2D eigenvalue weighted by molar-refractivity contribution is 5.14. The number of aryl methyl sites for hydroxylation is 1. The monoisotopic (exact) mass is 202 g/mol. The highest BCUT2D eigenvalue weighted by Gasteiger charge is 1.91. The van der Waals surface area contributed by atoms with E-state index in [1.165, 1.54) is 44.1 Å². The second-order valence-electron chi connectivity index (χ2n) is 3.96. The van der Waals surface area contributed by atoms with Crippen molar-refractivity contribution in [2.24, 2.45) is 0 Å². The summed E-state index contributed by atoms with van der Waals surface area (Å²) in [5, 5.41) is 0. The molecule has 0 saturated heterocycles. The molecule has 0 nitrogen and oxygen atoms in total.